The molecule has 3 aromatic rings. The SMILES string of the molecule is CC(C)c1nc(-c2nccn2[C@@H](Cc2ccccc2)C(N)=O)co1. The lowest BCUT2D eigenvalue weighted by atomic mass is 10.1. The Morgan fingerprint density at radius 2 is 2.04 bits per heavy atom. The number of aromatic nitrogens is 3. The first kappa shape index (κ1) is 16.0. The predicted molar refractivity (Wildman–Crippen MR) is 90.2 cm³/mol. The van der Waals surface area contributed by atoms with E-state index < -0.39 is 11.9 Å². The van der Waals surface area contributed by atoms with E-state index >= 15 is 0 Å². The Kier molecular flexibility index (Phi) is 4.46. The number of carbonyl (C=O) groups is 1. The zero-order chi connectivity index (χ0) is 17.1. The number of primary amides is 1. The predicted octanol–water partition coefficient (Wildman–Crippen LogP) is 2.93. The molecule has 2 N–H and O–H groups in total. The minimum absolute atomic E-state index is 0.179. The van der Waals surface area contributed by atoms with Gasteiger partial charge >= 0.3 is 0 Å². The zero-order valence-corrected chi connectivity index (χ0v) is 13.7. The van der Waals surface area contributed by atoms with E-state index in [4.69, 9.17) is 10.2 Å². The molecule has 0 unspecified atom stereocenters. The molecular formula is C18H20N4O2. The van der Waals surface area contributed by atoms with Gasteiger partial charge in [0, 0.05) is 24.7 Å². The van der Waals surface area contributed by atoms with E-state index in [2.05, 4.69) is 9.97 Å². The molecule has 2 aromatic heterocycles. The lowest BCUT2D eigenvalue weighted by Gasteiger charge is -2.17. The highest BCUT2D eigenvalue weighted by Gasteiger charge is 2.23. The highest BCUT2D eigenvalue weighted by molar-refractivity contribution is 5.79. The van der Waals surface area contributed by atoms with Crippen LogP contribution in [0.5, 0.6) is 0 Å². The number of hydrogen-bond donors (Lipinski definition) is 1. The van der Waals surface area contributed by atoms with E-state index in [-0.39, 0.29) is 5.92 Å². The molecule has 3 rings (SSSR count). The summed E-state index contributed by atoms with van der Waals surface area (Å²) in [5.41, 5.74) is 7.28. The van der Waals surface area contributed by atoms with Crippen LogP contribution in [0.4, 0.5) is 0 Å². The van der Waals surface area contributed by atoms with Crippen molar-refractivity contribution in [3.8, 4) is 11.5 Å². The molecule has 1 amide bonds. The van der Waals surface area contributed by atoms with Crippen LogP contribution in [0.3, 0.4) is 0 Å². The van der Waals surface area contributed by atoms with Gasteiger partial charge in [-0.05, 0) is 5.56 Å². The Morgan fingerprint density at radius 1 is 1.29 bits per heavy atom. The summed E-state index contributed by atoms with van der Waals surface area (Å²) in [5, 5.41) is 0. The van der Waals surface area contributed by atoms with Crippen molar-refractivity contribution in [2.24, 2.45) is 5.73 Å². The van der Waals surface area contributed by atoms with Crippen LogP contribution in [-0.4, -0.2) is 20.4 Å². The number of carbonyl (C=O) groups excluding carboxylic acids is 1. The summed E-state index contributed by atoms with van der Waals surface area (Å²) in [4.78, 5) is 20.8. The van der Waals surface area contributed by atoms with Gasteiger partial charge in [0.1, 0.15) is 18.0 Å². The Hall–Kier alpha value is -2.89. The zero-order valence-electron chi connectivity index (χ0n) is 13.7. The van der Waals surface area contributed by atoms with Crippen molar-refractivity contribution in [1.29, 1.82) is 0 Å². The Bertz CT molecular complexity index is 820. The quantitative estimate of drug-likeness (QED) is 0.755. The lowest BCUT2D eigenvalue weighted by Crippen LogP contribution is -2.28. The van der Waals surface area contributed by atoms with E-state index in [9.17, 15) is 4.79 Å². The maximum absolute atomic E-state index is 12.0. The fourth-order valence-electron chi connectivity index (χ4n) is 2.59. The average Bonchev–Trinajstić information content (AvgIpc) is 3.22. The summed E-state index contributed by atoms with van der Waals surface area (Å²) in [6.45, 7) is 4.01. The van der Waals surface area contributed by atoms with Gasteiger partial charge in [0.15, 0.2) is 11.7 Å². The molecule has 2 heterocycles. The molecule has 0 bridgehead atoms. The molecule has 0 aliphatic heterocycles. The second kappa shape index (κ2) is 6.70. The van der Waals surface area contributed by atoms with Gasteiger partial charge in [0.05, 0.1) is 0 Å². The fourth-order valence-corrected chi connectivity index (χ4v) is 2.59. The van der Waals surface area contributed by atoms with Crippen molar-refractivity contribution >= 4 is 5.91 Å². The second-order valence-electron chi connectivity index (χ2n) is 5.99. The average molecular weight is 324 g/mol. The van der Waals surface area contributed by atoms with E-state index in [0.29, 0.717) is 23.8 Å². The summed E-state index contributed by atoms with van der Waals surface area (Å²) in [7, 11) is 0. The second-order valence-corrected chi connectivity index (χ2v) is 5.99. The third-order valence-corrected chi connectivity index (χ3v) is 3.85. The van der Waals surface area contributed by atoms with Crippen LogP contribution in [0.15, 0.2) is 53.4 Å². The van der Waals surface area contributed by atoms with Crippen LogP contribution in [-0.2, 0) is 11.2 Å². The maximum atomic E-state index is 12.0. The van der Waals surface area contributed by atoms with Gasteiger partial charge in [0.25, 0.3) is 0 Å². The molecule has 6 heteroatoms. The number of amides is 1. The fraction of sp³-hybridized carbons (Fsp3) is 0.278. The van der Waals surface area contributed by atoms with Gasteiger partial charge in [0.2, 0.25) is 5.91 Å². The van der Waals surface area contributed by atoms with E-state index in [0.717, 1.165) is 5.56 Å². The van der Waals surface area contributed by atoms with Gasteiger partial charge in [-0.15, -0.1) is 0 Å². The summed E-state index contributed by atoms with van der Waals surface area (Å²) >= 11 is 0. The molecule has 1 atom stereocenters. The molecule has 0 saturated carbocycles. The standard InChI is InChI=1S/C18H20N4O2/c1-12(2)18-21-14(11-24-18)17-20-8-9-22(17)15(16(19)23)10-13-6-4-3-5-7-13/h3-9,11-12,15H,10H2,1-2H3,(H2,19,23)/t15-/m0/s1. The highest BCUT2D eigenvalue weighted by atomic mass is 16.3. The number of nitrogens with two attached hydrogens (primary N) is 1. The molecule has 1 aromatic carbocycles. The third kappa shape index (κ3) is 3.22. The van der Waals surface area contributed by atoms with Crippen molar-refractivity contribution in [1.82, 2.24) is 14.5 Å². The van der Waals surface area contributed by atoms with Crippen molar-refractivity contribution < 1.29 is 9.21 Å². The maximum Gasteiger partial charge on any atom is 0.240 e. The number of hydrogen-bond acceptors (Lipinski definition) is 4. The van der Waals surface area contributed by atoms with Crippen LogP contribution in [0.2, 0.25) is 0 Å². The lowest BCUT2D eigenvalue weighted by molar-refractivity contribution is -0.121. The Balaban J connectivity index is 1.95. The largest absolute Gasteiger partial charge is 0.448 e. The third-order valence-electron chi connectivity index (χ3n) is 3.85. The first-order valence-corrected chi connectivity index (χ1v) is 7.88. The van der Waals surface area contributed by atoms with Crippen LogP contribution in [0.1, 0.15) is 37.3 Å². The summed E-state index contributed by atoms with van der Waals surface area (Å²) < 4.78 is 7.24. The van der Waals surface area contributed by atoms with Gasteiger partial charge in [-0.3, -0.25) is 4.79 Å². The van der Waals surface area contributed by atoms with Crippen LogP contribution in [0, 0.1) is 0 Å². The van der Waals surface area contributed by atoms with Crippen molar-refractivity contribution in [2.45, 2.75) is 32.2 Å². The summed E-state index contributed by atoms with van der Waals surface area (Å²) in [6, 6.07) is 9.22. The Morgan fingerprint density at radius 3 is 2.67 bits per heavy atom. The molecule has 6 nitrogen and oxygen atoms in total. The van der Waals surface area contributed by atoms with Crippen LogP contribution in [0.25, 0.3) is 11.5 Å². The molecule has 124 valence electrons. The molecule has 0 fully saturated rings. The van der Waals surface area contributed by atoms with Gasteiger partial charge in [-0.25, -0.2) is 9.97 Å². The summed E-state index contributed by atoms with van der Waals surface area (Å²) in [5.74, 6) is 0.979. The molecule has 0 radical (unpaired) electrons. The van der Waals surface area contributed by atoms with Crippen molar-refractivity contribution in [2.75, 3.05) is 0 Å². The van der Waals surface area contributed by atoms with Gasteiger partial charge in [-0.2, -0.15) is 0 Å². The monoisotopic (exact) mass is 324 g/mol. The smallest absolute Gasteiger partial charge is 0.240 e. The molecule has 0 aliphatic rings. The minimum atomic E-state index is -0.538. The van der Waals surface area contributed by atoms with Crippen LogP contribution >= 0.6 is 0 Å². The van der Waals surface area contributed by atoms with Crippen LogP contribution < -0.4 is 5.73 Å². The van der Waals surface area contributed by atoms with E-state index in [1.807, 2.05) is 44.2 Å². The number of benzene rings is 1. The molecular weight excluding hydrogens is 304 g/mol. The van der Waals surface area contributed by atoms with E-state index in [1.165, 1.54) is 0 Å². The number of rotatable bonds is 6. The Labute approximate surface area is 140 Å². The van der Waals surface area contributed by atoms with Gasteiger partial charge < -0.3 is 14.7 Å². The normalized spacial score (nSPS) is 12.5. The van der Waals surface area contributed by atoms with E-state index in [1.54, 1.807) is 23.2 Å². The van der Waals surface area contributed by atoms with Crippen molar-refractivity contribution in [3.63, 3.8) is 0 Å². The molecule has 0 aliphatic carbocycles. The molecule has 24 heavy (non-hydrogen) atoms. The topological polar surface area (TPSA) is 86.9 Å². The number of nitrogens with zero attached hydrogens (tertiary/aromatic N) is 3. The number of imidazole rings is 1. The van der Waals surface area contributed by atoms with Crippen molar-refractivity contribution in [3.05, 3.63) is 60.4 Å². The molecule has 0 saturated heterocycles. The minimum Gasteiger partial charge on any atom is -0.448 e. The van der Waals surface area contributed by atoms with Gasteiger partial charge in [-0.1, -0.05) is 44.2 Å². The summed E-state index contributed by atoms with van der Waals surface area (Å²) in [6.07, 6.45) is 5.45. The number of oxazole rings is 1. The molecule has 0 spiro atoms. The first-order valence-electron chi connectivity index (χ1n) is 7.88. The highest BCUT2D eigenvalue weighted by Crippen LogP contribution is 2.25. The first-order chi connectivity index (χ1) is 11.6.